The van der Waals surface area contributed by atoms with Gasteiger partial charge in [-0.25, -0.2) is 4.39 Å². The predicted octanol–water partition coefficient (Wildman–Crippen LogP) is 3.05. The van der Waals surface area contributed by atoms with Gasteiger partial charge in [0.2, 0.25) is 0 Å². The normalized spacial score (nSPS) is 10.3. The molecule has 2 N–H and O–H groups in total. The summed E-state index contributed by atoms with van der Waals surface area (Å²) in [6, 6.07) is 12.2. The van der Waals surface area contributed by atoms with Crippen molar-refractivity contribution in [1.82, 2.24) is 0 Å². The maximum absolute atomic E-state index is 13.6. The first kappa shape index (κ1) is 13.2. The molecule has 0 heterocycles. The average Bonchev–Trinajstić information content (AvgIpc) is 2.42. The lowest BCUT2D eigenvalue weighted by Crippen LogP contribution is -2.18. The van der Waals surface area contributed by atoms with E-state index in [1.165, 1.54) is 6.07 Å². The summed E-state index contributed by atoms with van der Waals surface area (Å²) in [7, 11) is 3.48. The molecule has 0 aromatic heterocycles. The van der Waals surface area contributed by atoms with Gasteiger partial charge in [-0.15, -0.1) is 0 Å². The SMILES string of the molecule is COc1ccc(N)c(N(C)Cc2ccccc2F)c1. The smallest absolute Gasteiger partial charge is 0.128 e. The molecule has 0 saturated carbocycles. The van der Waals surface area contributed by atoms with E-state index >= 15 is 0 Å². The lowest BCUT2D eigenvalue weighted by atomic mass is 10.1. The molecule has 0 aliphatic rings. The standard InChI is InChI=1S/C15H17FN2O/c1-18(10-11-5-3-4-6-13(11)16)15-9-12(19-2)7-8-14(15)17/h3-9H,10,17H2,1-2H3. The third-order valence-corrected chi connectivity index (χ3v) is 3.01. The molecule has 0 spiro atoms. The molecule has 0 bridgehead atoms. The zero-order valence-corrected chi connectivity index (χ0v) is 11.1. The molecule has 0 aliphatic heterocycles. The van der Waals surface area contributed by atoms with E-state index < -0.39 is 0 Å². The number of anilines is 2. The van der Waals surface area contributed by atoms with Crippen molar-refractivity contribution in [2.24, 2.45) is 0 Å². The van der Waals surface area contributed by atoms with Crippen molar-refractivity contribution in [3.05, 3.63) is 53.8 Å². The highest BCUT2D eigenvalue weighted by Gasteiger charge is 2.09. The van der Waals surface area contributed by atoms with Crippen LogP contribution in [0.5, 0.6) is 5.75 Å². The summed E-state index contributed by atoms with van der Waals surface area (Å²) in [5.41, 5.74) is 8.04. The summed E-state index contributed by atoms with van der Waals surface area (Å²) >= 11 is 0. The number of benzene rings is 2. The summed E-state index contributed by atoms with van der Waals surface area (Å²) < 4.78 is 18.8. The molecule has 0 unspecified atom stereocenters. The molecule has 0 fully saturated rings. The van der Waals surface area contributed by atoms with Gasteiger partial charge in [-0.3, -0.25) is 0 Å². The number of ether oxygens (including phenoxy) is 1. The first-order chi connectivity index (χ1) is 9.11. The number of methoxy groups -OCH3 is 1. The minimum absolute atomic E-state index is 0.212. The topological polar surface area (TPSA) is 38.5 Å². The Bertz CT molecular complexity index is 572. The van der Waals surface area contributed by atoms with E-state index in [9.17, 15) is 4.39 Å². The van der Waals surface area contributed by atoms with Gasteiger partial charge in [0.25, 0.3) is 0 Å². The number of halogens is 1. The van der Waals surface area contributed by atoms with Crippen molar-refractivity contribution < 1.29 is 9.13 Å². The quantitative estimate of drug-likeness (QED) is 0.859. The van der Waals surface area contributed by atoms with Crippen LogP contribution in [0.1, 0.15) is 5.56 Å². The van der Waals surface area contributed by atoms with Gasteiger partial charge in [0.1, 0.15) is 11.6 Å². The lowest BCUT2D eigenvalue weighted by molar-refractivity contribution is 0.415. The van der Waals surface area contributed by atoms with E-state index in [0.29, 0.717) is 17.8 Å². The summed E-state index contributed by atoms with van der Waals surface area (Å²) in [6.07, 6.45) is 0. The number of hydrogen-bond acceptors (Lipinski definition) is 3. The predicted molar refractivity (Wildman–Crippen MR) is 75.9 cm³/mol. The van der Waals surface area contributed by atoms with Crippen molar-refractivity contribution in [2.75, 3.05) is 24.8 Å². The minimum Gasteiger partial charge on any atom is -0.497 e. The van der Waals surface area contributed by atoms with Gasteiger partial charge in [0.05, 0.1) is 18.5 Å². The highest BCUT2D eigenvalue weighted by molar-refractivity contribution is 5.69. The van der Waals surface area contributed by atoms with Crippen molar-refractivity contribution in [2.45, 2.75) is 6.54 Å². The van der Waals surface area contributed by atoms with E-state index in [2.05, 4.69) is 0 Å². The third-order valence-electron chi connectivity index (χ3n) is 3.01. The second-order valence-corrected chi connectivity index (χ2v) is 4.37. The van der Waals surface area contributed by atoms with Crippen molar-refractivity contribution in [1.29, 1.82) is 0 Å². The summed E-state index contributed by atoms with van der Waals surface area (Å²) in [6.45, 7) is 0.448. The molecule has 2 rings (SSSR count). The Kier molecular flexibility index (Phi) is 3.90. The van der Waals surface area contributed by atoms with Crippen LogP contribution in [-0.2, 0) is 6.54 Å². The van der Waals surface area contributed by atoms with E-state index in [0.717, 1.165) is 11.4 Å². The molecule has 2 aromatic rings. The van der Waals surface area contributed by atoms with Crippen LogP contribution in [-0.4, -0.2) is 14.2 Å². The molecule has 0 radical (unpaired) electrons. The van der Waals surface area contributed by atoms with Gasteiger partial charge < -0.3 is 15.4 Å². The maximum Gasteiger partial charge on any atom is 0.128 e. The zero-order valence-electron chi connectivity index (χ0n) is 11.1. The average molecular weight is 260 g/mol. The van der Waals surface area contributed by atoms with Crippen LogP contribution in [0.4, 0.5) is 15.8 Å². The van der Waals surface area contributed by atoms with E-state index in [1.807, 2.05) is 24.1 Å². The van der Waals surface area contributed by atoms with Gasteiger partial charge in [0.15, 0.2) is 0 Å². The first-order valence-corrected chi connectivity index (χ1v) is 6.00. The largest absolute Gasteiger partial charge is 0.497 e. The van der Waals surface area contributed by atoms with Gasteiger partial charge in [-0.2, -0.15) is 0 Å². The van der Waals surface area contributed by atoms with Crippen molar-refractivity contribution >= 4 is 11.4 Å². The second kappa shape index (κ2) is 5.61. The van der Waals surface area contributed by atoms with Crippen LogP contribution in [0.15, 0.2) is 42.5 Å². The number of nitrogens with two attached hydrogens (primary N) is 1. The third kappa shape index (κ3) is 2.96. The highest BCUT2D eigenvalue weighted by atomic mass is 19.1. The fraction of sp³-hybridized carbons (Fsp3) is 0.200. The van der Waals surface area contributed by atoms with E-state index in [1.54, 1.807) is 31.4 Å². The van der Waals surface area contributed by atoms with E-state index in [4.69, 9.17) is 10.5 Å². The summed E-state index contributed by atoms with van der Waals surface area (Å²) in [4.78, 5) is 1.90. The molecule has 100 valence electrons. The molecular weight excluding hydrogens is 243 g/mol. The van der Waals surface area contributed by atoms with E-state index in [-0.39, 0.29) is 5.82 Å². The fourth-order valence-corrected chi connectivity index (χ4v) is 1.95. The Balaban J connectivity index is 2.25. The Morgan fingerprint density at radius 1 is 1.21 bits per heavy atom. The molecule has 19 heavy (non-hydrogen) atoms. The molecule has 0 atom stereocenters. The fourth-order valence-electron chi connectivity index (χ4n) is 1.95. The minimum atomic E-state index is -0.212. The Morgan fingerprint density at radius 3 is 2.63 bits per heavy atom. The Morgan fingerprint density at radius 2 is 1.95 bits per heavy atom. The van der Waals surface area contributed by atoms with Crippen LogP contribution >= 0.6 is 0 Å². The molecule has 2 aromatic carbocycles. The zero-order chi connectivity index (χ0) is 13.8. The molecule has 0 amide bonds. The highest BCUT2D eigenvalue weighted by Crippen LogP contribution is 2.28. The molecule has 4 heteroatoms. The van der Waals surface area contributed by atoms with Gasteiger partial charge in [-0.1, -0.05) is 18.2 Å². The van der Waals surface area contributed by atoms with Crippen LogP contribution in [0.25, 0.3) is 0 Å². The number of nitrogen functional groups attached to an aromatic ring is 1. The lowest BCUT2D eigenvalue weighted by Gasteiger charge is -2.22. The first-order valence-electron chi connectivity index (χ1n) is 6.00. The van der Waals surface area contributed by atoms with Crippen LogP contribution in [0.3, 0.4) is 0 Å². The summed E-state index contributed by atoms with van der Waals surface area (Å²) in [5.74, 6) is 0.514. The van der Waals surface area contributed by atoms with Crippen LogP contribution < -0.4 is 15.4 Å². The van der Waals surface area contributed by atoms with Gasteiger partial charge >= 0.3 is 0 Å². The molecule has 0 aliphatic carbocycles. The monoisotopic (exact) mass is 260 g/mol. The maximum atomic E-state index is 13.6. The van der Waals surface area contributed by atoms with Crippen LogP contribution in [0.2, 0.25) is 0 Å². The second-order valence-electron chi connectivity index (χ2n) is 4.37. The van der Waals surface area contributed by atoms with Gasteiger partial charge in [0, 0.05) is 25.2 Å². The Labute approximate surface area is 112 Å². The Hall–Kier alpha value is -2.23. The number of rotatable bonds is 4. The molecule has 3 nitrogen and oxygen atoms in total. The number of nitrogens with zero attached hydrogens (tertiary/aromatic N) is 1. The number of hydrogen-bond donors (Lipinski definition) is 1. The van der Waals surface area contributed by atoms with Crippen LogP contribution in [0, 0.1) is 5.82 Å². The van der Waals surface area contributed by atoms with Crippen molar-refractivity contribution in [3.8, 4) is 5.75 Å². The molecular formula is C15H17FN2O. The molecule has 0 saturated heterocycles. The van der Waals surface area contributed by atoms with Gasteiger partial charge in [-0.05, 0) is 18.2 Å². The van der Waals surface area contributed by atoms with Crippen molar-refractivity contribution in [3.63, 3.8) is 0 Å². The summed E-state index contributed by atoms with van der Waals surface area (Å²) in [5, 5.41) is 0.